The molecular weight excluding hydrogens is 336 g/mol. The predicted molar refractivity (Wildman–Crippen MR) is 93.2 cm³/mol. The van der Waals surface area contributed by atoms with Crippen LogP contribution in [0, 0.1) is 16.7 Å². The van der Waals surface area contributed by atoms with Crippen LogP contribution in [-0.2, 0) is 23.9 Å². The van der Waals surface area contributed by atoms with Crippen molar-refractivity contribution < 1.29 is 28.6 Å². The molecule has 0 bridgehead atoms. The van der Waals surface area contributed by atoms with Gasteiger partial charge in [0.25, 0.3) is 5.78 Å². The van der Waals surface area contributed by atoms with Gasteiger partial charge >= 0.3 is 17.7 Å². The van der Waals surface area contributed by atoms with Crippen LogP contribution < -0.4 is 0 Å². The highest BCUT2D eigenvalue weighted by Gasteiger charge is 2.54. The first-order valence-corrected chi connectivity index (χ1v) is 8.93. The second-order valence-corrected chi connectivity index (χ2v) is 7.97. The summed E-state index contributed by atoms with van der Waals surface area (Å²) in [5, 5.41) is 0. The molecule has 7 heteroatoms. The van der Waals surface area contributed by atoms with Gasteiger partial charge in [-0.3, -0.25) is 9.59 Å². The number of esters is 2. The summed E-state index contributed by atoms with van der Waals surface area (Å²) in [5.41, 5.74) is 8.97. The lowest BCUT2D eigenvalue weighted by atomic mass is 9.62. The van der Waals surface area contributed by atoms with Crippen LogP contribution in [0.15, 0.2) is 11.6 Å². The Morgan fingerprint density at radius 3 is 2.62 bits per heavy atom. The van der Waals surface area contributed by atoms with Crippen LogP contribution in [-0.4, -0.2) is 41.4 Å². The number of carbonyl (C=O) groups is 3. The fraction of sp³-hybridized carbons (Fsp3) is 0.684. The van der Waals surface area contributed by atoms with Gasteiger partial charge < -0.3 is 15.0 Å². The molecule has 1 fully saturated rings. The van der Waals surface area contributed by atoms with E-state index in [0.717, 1.165) is 12.0 Å². The minimum atomic E-state index is -0.929. The summed E-state index contributed by atoms with van der Waals surface area (Å²) in [5.74, 6) is -1.49. The molecule has 1 aliphatic carbocycles. The molecule has 0 amide bonds. The van der Waals surface area contributed by atoms with E-state index in [1.54, 1.807) is 6.92 Å². The topological polar surface area (TPSA) is 106 Å². The van der Waals surface area contributed by atoms with Gasteiger partial charge in [0.15, 0.2) is 0 Å². The van der Waals surface area contributed by atoms with Gasteiger partial charge in [0, 0.05) is 11.8 Å². The van der Waals surface area contributed by atoms with Gasteiger partial charge in [-0.05, 0) is 31.1 Å². The monoisotopic (exact) mass is 362 g/mol. The van der Waals surface area contributed by atoms with Crippen LogP contribution >= 0.6 is 0 Å². The van der Waals surface area contributed by atoms with Crippen molar-refractivity contribution in [2.75, 3.05) is 13.2 Å². The largest absolute Gasteiger partial charge is 0.465 e. The molecule has 1 saturated heterocycles. The average molecular weight is 362 g/mol. The average Bonchev–Trinajstić information content (AvgIpc) is 3.09. The van der Waals surface area contributed by atoms with E-state index in [9.17, 15) is 14.4 Å². The number of hydrogen-bond acceptors (Lipinski definition) is 5. The molecule has 7 nitrogen and oxygen atoms in total. The van der Waals surface area contributed by atoms with Crippen LogP contribution in [0.3, 0.4) is 0 Å². The second kappa shape index (κ2) is 7.54. The Kier molecular flexibility index (Phi) is 5.81. The number of carbonyl (C=O) groups excluding carboxylic acids is 3. The maximum atomic E-state index is 12.3. The molecule has 1 aliphatic heterocycles. The highest BCUT2D eigenvalue weighted by molar-refractivity contribution is 6.62. The standard InChI is InChI=1S/C19H26N2O5/c1-5-25-17(24)16(21-20)13(22)8-6-12-7-9-14(18(2,3)4)19(12)10-15(23)26-11-19/h7,14H,5-6,8-11H2,1-4H3/t14-,19+/m0/s1. The van der Waals surface area contributed by atoms with Gasteiger partial charge in [0.2, 0.25) is 0 Å². The minimum absolute atomic E-state index is 0.0108. The van der Waals surface area contributed by atoms with Crippen molar-refractivity contribution in [3.05, 3.63) is 17.2 Å². The predicted octanol–water partition coefficient (Wildman–Crippen LogP) is 2.50. The van der Waals surface area contributed by atoms with Gasteiger partial charge in [-0.1, -0.05) is 32.4 Å². The van der Waals surface area contributed by atoms with Crippen LogP contribution in [0.1, 0.15) is 53.4 Å². The molecule has 1 heterocycles. The number of Topliss-reactive ketones (excluding diaryl/α,β-unsaturated/α-hetero) is 1. The number of ketones is 1. The van der Waals surface area contributed by atoms with Crippen molar-refractivity contribution in [1.29, 1.82) is 0 Å². The van der Waals surface area contributed by atoms with Crippen molar-refractivity contribution in [3.63, 3.8) is 0 Å². The normalized spacial score (nSPS) is 24.8. The van der Waals surface area contributed by atoms with E-state index >= 15 is 0 Å². The van der Waals surface area contributed by atoms with Gasteiger partial charge in [-0.25, -0.2) is 4.79 Å². The molecule has 0 aromatic heterocycles. The van der Waals surface area contributed by atoms with Crippen molar-refractivity contribution in [2.45, 2.75) is 53.4 Å². The van der Waals surface area contributed by atoms with Crippen LogP contribution in [0.2, 0.25) is 0 Å². The molecular formula is C19H26N2O5. The molecule has 0 saturated carbocycles. The quantitative estimate of drug-likeness (QED) is 0.180. The first kappa shape index (κ1) is 20.0. The number of ether oxygens (including phenoxy) is 2. The molecule has 0 N–H and O–H groups in total. The van der Waals surface area contributed by atoms with Crippen LogP contribution in [0.4, 0.5) is 0 Å². The van der Waals surface area contributed by atoms with Crippen molar-refractivity contribution in [1.82, 2.24) is 0 Å². The lowest BCUT2D eigenvalue weighted by Gasteiger charge is -2.40. The Balaban J connectivity index is 2.14. The fourth-order valence-electron chi connectivity index (χ4n) is 4.22. The summed E-state index contributed by atoms with van der Waals surface area (Å²) in [7, 11) is 0. The Labute approximate surface area is 153 Å². The van der Waals surface area contributed by atoms with E-state index in [1.807, 2.05) is 0 Å². The van der Waals surface area contributed by atoms with Gasteiger partial charge in [0.05, 0.1) is 13.0 Å². The van der Waals surface area contributed by atoms with Crippen LogP contribution in [0.5, 0.6) is 0 Å². The van der Waals surface area contributed by atoms with E-state index in [2.05, 4.69) is 31.6 Å². The van der Waals surface area contributed by atoms with E-state index in [1.165, 1.54) is 0 Å². The van der Waals surface area contributed by atoms with Crippen molar-refractivity contribution in [3.8, 4) is 0 Å². The first-order chi connectivity index (χ1) is 12.2. The van der Waals surface area contributed by atoms with E-state index in [-0.39, 0.29) is 30.3 Å². The minimum Gasteiger partial charge on any atom is -0.465 e. The van der Waals surface area contributed by atoms with Gasteiger partial charge in [0.1, 0.15) is 6.61 Å². The third kappa shape index (κ3) is 3.78. The lowest BCUT2D eigenvalue weighted by molar-refractivity contribution is -0.142. The molecule has 1 spiro atoms. The molecule has 0 unspecified atom stereocenters. The first-order valence-electron chi connectivity index (χ1n) is 8.93. The number of cyclic esters (lactones) is 1. The third-order valence-corrected chi connectivity index (χ3v) is 5.36. The lowest BCUT2D eigenvalue weighted by Crippen LogP contribution is -2.38. The number of nitrogens with zero attached hydrogens (tertiary/aromatic N) is 2. The zero-order valence-corrected chi connectivity index (χ0v) is 15.8. The highest BCUT2D eigenvalue weighted by Crippen LogP contribution is 2.57. The van der Waals surface area contributed by atoms with E-state index < -0.39 is 22.9 Å². The Bertz CT molecular complexity index is 697. The van der Waals surface area contributed by atoms with Crippen molar-refractivity contribution >= 4 is 23.4 Å². The second-order valence-electron chi connectivity index (χ2n) is 7.97. The molecule has 142 valence electrons. The molecule has 0 radical (unpaired) electrons. The maximum Gasteiger partial charge on any atom is 0.441 e. The summed E-state index contributed by atoms with van der Waals surface area (Å²) in [6.45, 7) is 8.44. The number of allylic oxidation sites excluding steroid dienone is 1. The summed E-state index contributed by atoms with van der Waals surface area (Å²) in [4.78, 5) is 38.6. The highest BCUT2D eigenvalue weighted by atomic mass is 16.5. The number of rotatable bonds is 6. The number of hydrogen-bond donors (Lipinski definition) is 0. The molecule has 2 rings (SSSR count). The molecule has 2 aliphatic rings. The van der Waals surface area contributed by atoms with E-state index in [0.29, 0.717) is 19.4 Å². The zero-order valence-electron chi connectivity index (χ0n) is 15.8. The third-order valence-electron chi connectivity index (χ3n) is 5.36. The molecule has 26 heavy (non-hydrogen) atoms. The Hall–Kier alpha value is -2.27. The van der Waals surface area contributed by atoms with Gasteiger partial charge in [-0.2, -0.15) is 4.79 Å². The molecule has 2 atom stereocenters. The molecule has 0 aromatic carbocycles. The smallest absolute Gasteiger partial charge is 0.441 e. The van der Waals surface area contributed by atoms with Crippen LogP contribution in [0.25, 0.3) is 5.53 Å². The Morgan fingerprint density at radius 2 is 2.12 bits per heavy atom. The SMILES string of the molecule is CCOC(=O)C(=[N+]=[N-])C(=O)CCC1=CC[C@@H](C(C)(C)C)[C@]12COC(=O)C2. The molecule has 0 aromatic rings. The Morgan fingerprint density at radius 1 is 1.42 bits per heavy atom. The maximum absolute atomic E-state index is 12.3. The summed E-state index contributed by atoms with van der Waals surface area (Å²) in [6, 6.07) is 0. The van der Waals surface area contributed by atoms with E-state index in [4.69, 9.17) is 15.0 Å². The summed E-state index contributed by atoms with van der Waals surface area (Å²) >= 11 is 0. The summed E-state index contributed by atoms with van der Waals surface area (Å²) in [6.07, 6.45) is 3.62. The fourth-order valence-corrected chi connectivity index (χ4v) is 4.22. The van der Waals surface area contributed by atoms with Gasteiger partial charge in [-0.15, -0.1) is 0 Å². The summed E-state index contributed by atoms with van der Waals surface area (Å²) < 4.78 is 10.0. The zero-order chi connectivity index (χ0) is 19.5. The van der Waals surface area contributed by atoms with Crippen molar-refractivity contribution in [2.24, 2.45) is 16.7 Å².